The molecule has 1 aliphatic carbocycles. The number of hydrogen-bond acceptors (Lipinski definition) is 6. The van der Waals surface area contributed by atoms with Crippen molar-refractivity contribution in [1.82, 2.24) is 24.8 Å². The molecule has 0 unspecified atom stereocenters. The van der Waals surface area contributed by atoms with Crippen LogP contribution in [0.3, 0.4) is 0 Å². The van der Waals surface area contributed by atoms with Gasteiger partial charge in [0, 0.05) is 35.2 Å². The van der Waals surface area contributed by atoms with Crippen molar-refractivity contribution < 1.29 is 13.6 Å². The lowest BCUT2D eigenvalue weighted by molar-refractivity contribution is 0.0951. The Labute approximate surface area is 231 Å². The fourth-order valence-electron chi connectivity index (χ4n) is 4.65. The maximum Gasteiger partial charge on any atom is 0.256 e. The molecule has 0 atom stereocenters. The molecule has 1 aliphatic rings. The van der Waals surface area contributed by atoms with Gasteiger partial charge in [-0.1, -0.05) is 32.0 Å². The van der Waals surface area contributed by atoms with Gasteiger partial charge in [0.2, 0.25) is 5.95 Å². The summed E-state index contributed by atoms with van der Waals surface area (Å²) in [5, 5.41) is 6.62. The lowest BCUT2D eigenvalue weighted by Crippen LogP contribution is -2.25. The second kappa shape index (κ2) is 11.9. The van der Waals surface area contributed by atoms with E-state index in [0.29, 0.717) is 28.8 Å². The van der Waals surface area contributed by atoms with E-state index in [4.69, 9.17) is 4.98 Å². The van der Waals surface area contributed by atoms with Crippen molar-refractivity contribution in [3.05, 3.63) is 82.1 Å². The second-order valence-corrected chi connectivity index (χ2v) is 9.84. The summed E-state index contributed by atoms with van der Waals surface area (Å²) in [7, 11) is 0. The first-order valence-electron chi connectivity index (χ1n) is 13.6. The first-order valence-corrected chi connectivity index (χ1v) is 13.6. The summed E-state index contributed by atoms with van der Waals surface area (Å²) in [6, 6.07) is 13.5. The molecule has 0 bridgehead atoms. The highest BCUT2D eigenvalue weighted by Gasteiger charge is 2.24. The number of rotatable bonds is 11. The lowest BCUT2D eigenvalue weighted by Gasteiger charge is -2.18. The zero-order chi connectivity index (χ0) is 28.2. The van der Waals surface area contributed by atoms with Gasteiger partial charge in [-0.25, -0.2) is 13.8 Å². The number of nitrogens with one attached hydrogen (secondary N) is 2. The van der Waals surface area contributed by atoms with Crippen molar-refractivity contribution in [3.63, 3.8) is 0 Å². The van der Waals surface area contributed by atoms with Crippen LogP contribution in [0, 0.1) is 11.6 Å². The van der Waals surface area contributed by atoms with E-state index in [2.05, 4.69) is 34.4 Å². The molecule has 0 spiro atoms. The van der Waals surface area contributed by atoms with Gasteiger partial charge in [0.05, 0.1) is 5.69 Å². The highest BCUT2D eigenvalue weighted by Crippen LogP contribution is 2.29. The van der Waals surface area contributed by atoms with Crippen LogP contribution in [0.4, 0.5) is 14.7 Å². The Morgan fingerprint density at radius 1 is 1.00 bits per heavy atom. The van der Waals surface area contributed by atoms with Crippen molar-refractivity contribution in [2.45, 2.75) is 39.2 Å². The topological polar surface area (TPSA) is 92.2 Å². The third-order valence-corrected chi connectivity index (χ3v) is 7.07. The normalized spacial score (nSPS) is 13.1. The number of amides is 1. The van der Waals surface area contributed by atoms with E-state index in [0.717, 1.165) is 55.6 Å². The van der Waals surface area contributed by atoms with Gasteiger partial charge in [-0.05, 0) is 69.2 Å². The van der Waals surface area contributed by atoms with Gasteiger partial charge in [0.15, 0.2) is 5.65 Å². The molecule has 0 aliphatic heterocycles. The van der Waals surface area contributed by atoms with E-state index in [1.54, 1.807) is 30.3 Å². The summed E-state index contributed by atoms with van der Waals surface area (Å²) < 4.78 is 30.7. The van der Waals surface area contributed by atoms with Crippen molar-refractivity contribution >= 4 is 22.9 Å². The van der Waals surface area contributed by atoms with E-state index in [-0.39, 0.29) is 23.5 Å². The highest BCUT2D eigenvalue weighted by molar-refractivity contribution is 5.96. The minimum Gasteiger partial charge on any atom is -0.354 e. The molecule has 0 radical (unpaired) electrons. The van der Waals surface area contributed by atoms with E-state index < -0.39 is 22.9 Å². The van der Waals surface area contributed by atoms with Crippen LogP contribution in [-0.4, -0.2) is 57.6 Å². The summed E-state index contributed by atoms with van der Waals surface area (Å²) in [5.41, 5.74) is 0.608. The monoisotopic (exact) mass is 546 g/mol. The number of carbonyl (C=O) groups is 1. The van der Waals surface area contributed by atoms with Gasteiger partial charge in [0.1, 0.15) is 17.3 Å². The Bertz CT molecular complexity index is 1560. The van der Waals surface area contributed by atoms with Crippen LogP contribution in [-0.2, 0) is 0 Å². The Hall–Kier alpha value is -4.18. The Morgan fingerprint density at radius 3 is 2.35 bits per heavy atom. The molecular weight excluding hydrogens is 514 g/mol. The molecule has 2 aromatic carbocycles. The average Bonchev–Trinajstić information content (AvgIpc) is 3.78. The van der Waals surface area contributed by atoms with Gasteiger partial charge in [-0.3, -0.25) is 14.2 Å². The molecule has 8 nitrogen and oxygen atoms in total. The highest BCUT2D eigenvalue weighted by atomic mass is 19.1. The van der Waals surface area contributed by atoms with Gasteiger partial charge >= 0.3 is 0 Å². The molecule has 1 fully saturated rings. The Kier molecular flexibility index (Phi) is 8.16. The number of para-hydroxylation sites is 1. The first kappa shape index (κ1) is 27.4. The van der Waals surface area contributed by atoms with E-state index >= 15 is 0 Å². The van der Waals surface area contributed by atoms with E-state index in [9.17, 15) is 18.4 Å². The number of fused-ring (bicyclic) bond motifs is 1. The van der Waals surface area contributed by atoms with Gasteiger partial charge in [-0.2, -0.15) is 4.98 Å². The smallest absolute Gasteiger partial charge is 0.256 e. The van der Waals surface area contributed by atoms with Crippen molar-refractivity contribution in [2.75, 3.05) is 31.5 Å². The zero-order valence-corrected chi connectivity index (χ0v) is 22.6. The largest absolute Gasteiger partial charge is 0.354 e. The van der Waals surface area contributed by atoms with Gasteiger partial charge in [-0.15, -0.1) is 0 Å². The molecule has 1 amide bonds. The maximum absolute atomic E-state index is 14.9. The molecule has 4 aromatic rings. The van der Waals surface area contributed by atoms with Gasteiger partial charge < -0.3 is 15.5 Å². The Balaban J connectivity index is 1.58. The number of aromatic nitrogens is 3. The average molecular weight is 547 g/mol. The van der Waals surface area contributed by atoms with E-state index in [1.165, 1.54) is 12.1 Å². The molecule has 2 N–H and O–H groups in total. The zero-order valence-electron chi connectivity index (χ0n) is 22.6. The number of hydrogen-bond donors (Lipinski definition) is 2. The minimum atomic E-state index is -0.880. The molecular formula is C30H32F2N6O2. The molecule has 2 aromatic heterocycles. The van der Waals surface area contributed by atoms with Crippen molar-refractivity contribution in [1.29, 1.82) is 0 Å². The SMILES string of the molecule is CCN(CC)CCCNc1nc(-c2ccc(C(=O)NC3CC3)cc2)c2ccc(=O)n(-c3c(F)cccc3F)c2n1. The molecule has 2 heterocycles. The predicted molar refractivity (Wildman–Crippen MR) is 152 cm³/mol. The van der Waals surface area contributed by atoms with Crippen LogP contribution in [0.25, 0.3) is 28.0 Å². The van der Waals surface area contributed by atoms with Crippen LogP contribution in [0.5, 0.6) is 0 Å². The number of nitrogens with zero attached hydrogens (tertiary/aromatic N) is 4. The molecule has 0 saturated heterocycles. The molecule has 10 heteroatoms. The quantitative estimate of drug-likeness (QED) is 0.264. The molecule has 208 valence electrons. The summed E-state index contributed by atoms with van der Waals surface area (Å²) >= 11 is 0. The lowest BCUT2D eigenvalue weighted by atomic mass is 10.1. The molecule has 1 saturated carbocycles. The predicted octanol–water partition coefficient (Wildman–Crippen LogP) is 4.76. The van der Waals surface area contributed by atoms with Crippen LogP contribution in [0.2, 0.25) is 0 Å². The number of halogens is 2. The molecule has 40 heavy (non-hydrogen) atoms. The fourth-order valence-corrected chi connectivity index (χ4v) is 4.65. The first-order chi connectivity index (χ1) is 19.4. The minimum absolute atomic E-state index is 0.0725. The van der Waals surface area contributed by atoms with Gasteiger partial charge in [0.25, 0.3) is 11.5 Å². The third kappa shape index (κ3) is 5.86. The number of benzene rings is 2. The second-order valence-electron chi connectivity index (χ2n) is 9.84. The summed E-state index contributed by atoms with van der Waals surface area (Å²) in [4.78, 5) is 37.1. The van der Waals surface area contributed by atoms with Crippen LogP contribution in [0.15, 0.2) is 59.4 Å². The maximum atomic E-state index is 14.9. The van der Waals surface area contributed by atoms with Crippen LogP contribution < -0.4 is 16.2 Å². The Morgan fingerprint density at radius 2 is 1.70 bits per heavy atom. The third-order valence-electron chi connectivity index (χ3n) is 7.07. The summed E-state index contributed by atoms with van der Waals surface area (Å²) in [6.45, 7) is 7.56. The number of anilines is 1. The fraction of sp³-hybridized carbons (Fsp3) is 0.333. The van der Waals surface area contributed by atoms with Crippen molar-refractivity contribution in [3.8, 4) is 16.9 Å². The van der Waals surface area contributed by atoms with Crippen LogP contribution >= 0.6 is 0 Å². The standard InChI is InChI=1S/C30H32F2N6O2/c1-3-37(4-2)18-6-17-33-30-35-26(19-9-11-20(12-10-19)29(40)34-21-13-14-21)22-15-16-25(39)38(28(22)36-30)27-23(31)7-5-8-24(27)32/h5,7-12,15-16,21H,3-4,6,13-14,17-18H2,1-2H3,(H,34,40)(H,33,35,36). The number of carbonyl (C=O) groups excluding carboxylic acids is 1. The number of pyridine rings is 1. The summed E-state index contributed by atoms with van der Waals surface area (Å²) in [5.74, 6) is -1.67. The molecule has 5 rings (SSSR count). The van der Waals surface area contributed by atoms with E-state index in [1.807, 2.05) is 0 Å². The summed E-state index contributed by atoms with van der Waals surface area (Å²) in [6.07, 6.45) is 2.81. The van der Waals surface area contributed by atoms with Crippen molar-refractivity contribution in [2.24, 2.45) is 0 Å². The van der Waals surface area contributed by atoms with Crippen LogP contribution in [0.1, 0.15) is 43.5 Å².